The van der Waals surface area contributed by atoms with Gasteiger partial charge >= 0.3 is 5.97 Å². The fraction of sp³-hybridized carbons (Fsp3) is 0.357. The molecule has 0 saturated carbocycles. The number of hydrogen-bond donors (Lipinski definition) is 0. The predicted octanol–water partition coefficient (Wildman–Crippen LogP) is 2.88. The molecule has 0 radical (unpaired) electrons. The third-order valence-electron chi connectivity index (χ3n) is 2.41. The van der Waals surface area contributed by atoms with Crippen LogP contribution in [0.2, 0.25) is 0 Å². The van der Waals surface area contributed by atoms with E-state index in [-0.39, 0.29) is 5.97 Å². The lowest BCUT2D eigenvalue weighted by atomic mass is 10.2. The Balaban J connectivity index is 2.49. The molecule has 1 aromatic carbocycles. The molecule has 0 spiro atoms. The van der Waals surface area contributed by atoms with Gasteiger partial charge in [0.15, 0.2) is 0 Å². The first-order chi connectivity index (χ1) is 8.15. The number of allylic oxidation sites excluding steroid dienone is 1. The summed E-state index contributed by atoms with van der Waals surface area (Å²) < 4.78 is 5.13. The summed E-state index contributed by atoms with van der Waals surface area (Å²) in [5.74, 6) is -0.264. The van der Waals surface area contributed by atoms with Crippen molar-refractivity contribution in [1.82, 2.24) is 0 Å². The van der Waals surface area contributed by atoms with Gasteiger partial charge in [-0.25, -0.2) is 4.79 Å². The number of unbranched alkanes of at least 4 members (excludes halogenated alkanes) is 1. The zero-order valence-corrected chi connectivity index (χ0v) is 10.5. The molecule has 1 aromatic rings. The minimum atomic E-state index is -0.264. The summed E-state index contributed by atoms with van der Waals surface area (Å²) in [4.78, 5) is 13.6. The van der Waals surface area contributed by atoms with Crippen LogP contribution < -0.4 is 4.90 Å². The summed E-state index contributed by atoms with van der Waals surface area (Å²) in [6.45, 7) is 4.06. The molecule has 0 aromatic heterocycles. The average Bonchev–Trinajstić information content (AvgIpc) is 2.34. The van der Waals surface area contributed by atoms with Crippen LogP contribution in [0.15, 0.2) is 36.9 Å². The molecule has 0 heterocycles. The van der Waals surface area contributed by atoms with Crippen molar-refractivity contribution in [1.29, 1.82) is 0 Å². The lowest BCUT2D eigenvalue weighted by Crippen LogP contribution is -2.10. The fourth-order valence-corrected chi connectivity index (χ4v) is 1.37. The van der Waals surface area contributed by atoms with Gasteiger partial charge in [0.25, 0.3) is 0 Å². The van der Waals surface area contributed by atoms with Gasteiger partial charge in [0.05, 0.1) is 12.2 Å². The van der Waals surface area contributed by atoms with Gasteiger partial charge in [-0.3, -0.25) is 0 Å². The lowest BCUT2D eigenvalue weighted by Gasteiger charge is -2.12. The summed E-state index contributed by atoms with van der Waals surface area (Å²) >= 11 is 0. The van der Waals surface area contributed by atoms with Crippen LogP contribution in [0, 0.1) is 0 Å². The Hall–Kier alpha value is -1.77. The second-order valence-corrected chi connectivity index (χ2v) is 4.01. The Morgan fingerprint density at radius 1 is 1.35 bits per heavy atom. The summed E-state index contributed by atoms with van der Waals surface area (Å²) in [5, 5.41) is 0. The Morgan fingerprint density at radius 2 is 2.00 bits per heavy atom. The molecule has 3 heteroatoms. The minimum absolute atomic E-state index is 0.264. The van der Waals surface area contributed by atoms with E-state index in [0.29, 0.717) is 12.2 Å². The Labute approximate surface area is 103 Å². The van der Waals surface area contributed by atoms with E-state index in [4.69, 9.17) is 4.74 Å². The SMILES string of the molecule is C=CCCCOC(=O)c1ccc(N(C)C)cc1. The zero-order chi connectivity index (χ0) is 12.7. The van der Waals surface area contributed by atoms with Crippen LogP contribution >= 0.6 is 0 Å². The molecule has 0 unspecified atom stereocenters. The monoisotopic (exact) mass is 233 g/mol. The molecule has 92 valence electrons. The third-order valence-corrected chi connectivity index (χ3v) is 2.41. The molecule has 0 atom stereocenters. The van der Waals surface area contributed by atoms with Gasteiger partial charge in [0, 0.05) is 19.8 Å². The smallest absolute Gasteiger partial charge is 0.338 e. The van der Waals surface area contributed by atoms with Crippen molar-refractivity contribution in [3.63, 3.8) is 0 Å². The van der Waals surface area contributed by atoms with Gasteiger partial charge < -0.3 is 9.64 Å². The summed E-state index contributed by atoms with van der Waals surface area (Å²) in [6, 6.07) is 7.37. The van der Waals surface area contributed by atoms with E-state index in [2.05, 4.69) is 6.58 Å². The van der Waals surface area contributed by atoms with Gasteiger partial charge in [-0.2, -0.15) is 0 Å². The van der Waals surface area contributed by atoms with Gasteiger partial charge in [0.2, 0.25) is 0 Å². The standard InChI is InChI=1S/C14H19NO2/c1-4-5-6-11-17-14(16)12-7-9-13(10-8-12)15(2)3/h4,7-10H,1,5-6,11H2,2-3H3. The first-order valence-electron chi connectivity index (χ1n) is 5.70. The zero-order valence-electron chi connectivity index (χ0n) is 10.5. The van der Waals surface area contributed by atoms with E-state index in [1.54, 1.807) is 12.1 Å². The number of carbonyl (C=O) groups is 1. The number of ether oxygens (including phenoxy) is 1. The highest BCUT2D eigenvalue weighted by Crippen LogP contribution is 2.13. The molecule has 0 amide bonds. The molecule has 1 rings (SSSR count). The highest BCUT2D eigenvalue weighted by atomic mass is 16.5. The molecule has 3 nitrogen and oxygen atoms in total. The van der Waals surface area contributed by atoms with Crippen LogP contribution in [0.3, 0.4) is 0 Å². The molecule has 0 aliphatic heterocycles. The second-order valence-electron chi connectivity index (χ2n) is 4.01. The van der Waals surface area contributed by atoms with Crippen molar-refractivity contribution < 1.29 is 9.53 Å². The molecule has 0 fully saturated rings. The first-order valence-corrected chi connectivity index (χ1v) is 5.70. The first kappa shape index (κ1) is 13.3. The molecule has 0 saturated heterocycles. The van der Waals surface area contributed by atoms with E-state index in [1.807, 2.05) is 37.2 Å². The van der Waals surface area contributed by atoms with Crippen molar-refractivity contribution in [2.24, 2.45) is 0 Å². The number of rotatable bonds is 6. The maximum atomic E-state index is 11.6. The Bertz CT molecular complexity index is 368. The third kappa shape index (κ3) is 4.31. The topological polar surface area (TPSA) is 29.5 Å². The highest BCUT2D eigenvalue weighted by molar-refractivity contribution is 5.89. The van der Waals surface area contributed by atoms with Gasteiger partial charge in [-0.05, 0) is 37.1 Å². The lowest BCUT2D eigenvalue weighted by molar-refractivity contribution is 0.0501. The Morgan fingerprint density at radius 3 is 2.53 bits per heavy atom. The maximum Gasteiger partial charge on any atom is 0.338 e. The fourth-order valence-electron chi connectivity index (χ4n) is 1.37. The molecule has 0 N–H and O–H groups in total. The molecule has 0 bridgehead atoms. The van der Waals surface area contributed by atoms with Crippen LogP contribution in [0.5, 0.6) is 0 Å². The summed E-state index contributed by atoms with van der Waals surface area (Å²) in [6.07, 6.45) is 3.51. The van der Waals surface area contributed by atoms with Crippen molar-refractivity contribution in [2.75, 3.05) is 25.6 Å². The highest BCUT2D eigenvalue weighted by Gasteiger charge is 2.06. The van der Waals surface area contributed by atoms with Gasteiger partial charge in [-0.1, -0.05) is 6.08 Å². The number of nitrogens with zero attached hydrogens (tertiary/aromatic N) is 1. The maximum absolute atomic E-state index is 11.6. The van der Waals surface area contributed by atoms with Crippen molar-refractivity contribution >= 4 is 11.7 Å². The summed E-state index contributed by atoms with van der Waals surface area (Å²) in [5.41, 5.74) is 1.66. The minimum Gasteiger partial charge on any atom is -0.462 e. The number of carbonyl (C=O) groups excluding carboxylic acids is 1. The van der Waals surface area contributed by atoms with Crippen LogP contribution in [0.4, 0.5) is 5.69 Å². The van der Waals surface area contributed by atoms with Gasteiger partial charge in [0.1, 0.15) is 0 Å². The predicted molar refractivity (Wildman–Crippen MR) is 70.5 cm³/mol. The molecule has 0 aliphatic rings. The molecule has 17 heavy (non-hydrogen) atoms. The van der Waals surface area contributed by atoms with Crippen LogP contribution in [0.1, 0.15) is 23.2 Å². The van der Waals surface area contributed by atoms with E-state index in [0.717, 1.165) is 18.5 Å². The summed E-state index contributed by atoms with van der Waals surface area (Å²) in [7, 11) is 3.92. The number of benzene rings is 1. The normalized spacial score (nSPS) is 9.76. The molecular formula is C14H19NO2. The number of esters is 1. The van der Waals surface area contributed by atoms with Crippen molar-refractivity contribution in [3.8, 4) is 0 Å². The van der Waals surface area contributed by atoms with E-state index < -0.39 is 0 Å². The van der Waals surface area contributed by atoms with Crippen molar-refractivity contribution in [2.45, 2.75) is 12.8 Å². The molecular weight excluding hydrogens is 214 g/mol. The van der Waals surface area contributed by atoms with E-state index >= 15 is 0 Å². The Kier molecular flexibility index (Phi) is 5.27. The van der Waals surface area contributed by atoms with Crippen LogP contribution in [0.25, 0.3) is 0 Å². The second kappa shape index (κ2) is 6.74. The number of hydrogen-bond acceptors (Lipinski definition) is 3. The quantitative estimate of drug-likeness (QED) is 0.430. The number of anilines is 1. The van der Waals surface area contributed by atoms with Crippen LogP contribution in [-0.2, 0) is 4.74 Å². The van der Waals surface area contributed by atoms with E-state index in [9.17, 15) is 4.79 Å². The molecule has 0 aliphatic carbocycles. The van der Waals surface area contributed by atoms with Crippen molar-refractivity contribution in [3.05, 3.63) is 42.5 Å². The van der Waals surface area contributed by atoms with Gasteiger partial charge in [-0.15, -0.1) is 6.58 Å². The average molecular weight is 233 g/mol. The largest absolute Gasteiger partial charge is 0.462 e. The van der Waals surface area contributed by atoms with E-state index in [1.165, 1.54) is 0 Å². The van der Waals surface area contributed by atoms with Crippen LogP contribution in [-0.4, -0.2) is 26.7 Å².